The maximum Gasteiger partial charge on any atom is 0.335 e. The van der Waals surface area contributed by atoms with Gasteiger partial charge in [-0.2, -0.15) is 0 Å². The third-order valence-corrected chi connectivity index (χ3v) is 3.61. The summed E-state index contributed by atoms with van der Waals surface area (Å²) in [5.41, 5.74) is 0.989. The fraction of sp³-hybridized carbons (Fsp3) is 0.263. The summed E-state index contributed by atoms with van der Waals surface area (Å²) in [6.45, 7) is 0.544. The Morgan fingerprint density at radius 1 is 0.962 bits per heavy atom. The summed E-state index contributed by atoms with van der Waals surface area (Å²) >= 11 is 0. The van der Waals surface area contributed by atoms with Crippen LogP contribution in [0.1, 0.15) is 15.9 Å². The zero-order chi connectivity index (χ0) is 18.9. The Morgan fingerprint density at radius 3 is 2.19 bits per heavy atom. The molecule has 2 aromatic rings. The smallest absolute Gasteiger partial charge is 0.335 e. The average molecular weight is 360 g/mol. The molecule has 26 heavy (non-hydrogen) atoms. The van der Waals surface area contributed by atoms with Crippen LogP contribution in [0.4, 0.5) is 0 Å². The quantitative estimate of drug-likeness (QED) is 0.628. The number of methoxy groups -OCH3 is 1. The van der Waals surface area contributed by atoms with Gasteiger partial charge in [-0.1, -0.05) is 18.2 Å². The van der Waals surface area contributed by atoms with Crippen molar-refractivity contribution in [2.45, 2.75) is 12.5 Å². The highest BCUT2D eigenvalue weighted by molar-refractivity contribution is 5.88. The Hall–Kier alpha value is -3.06. The number of aliphatic carboxylic acids is 1. The summed E-state index contributed by atoms with van der Waals surface area (Å²) in [5, 5.41) is 17.9. The van der Waals surface area contributed by atoms with Crippen LogP contribution in [0.5, 0.6) is 11.5 Å². The van der Waals surface area contributed by atoms with E-state index in [1.807, 2.05) is 0 Å². The molecule has 0 aromatic heterocycles. The van der Waals surface area contributed by atoms with E-state index in [4.69, 9.17) is 24.4 Å². The van der Waals surface area contributed by atoms with Gasteiger partial charge in [0.25, 0.3) is 0 Å². The normalized spacial score (nSPS) is 11.6. The van der Waals surface area contributed by atoms with Crippen molar-refractivity contribution in [3.05, 3.63) is 59.7 Å². The van der Waals surface area contributed by atoms with Crippen molar-refractivity contribution in [3.63, 3.8) is 0 Å². The third kappa shape index (κ3) is 5.78. The van der Waals surface area contributed by atoms with Gasteiger partial charge in [-0.15, -0.1) is 0 Å². The van der Waals surface area contributed by atoms with E-state index in [2.05, 4.69) is 0 Å². The van der Waals surface area contributed by atoms with Crippen LogP contribution in [0, 0.1) is 0 Å². The summed E-state index contributed by atoms with van der Waals surface area (Å²) < 4.78 is 15.9. The Kier molecular flexibility index (Phi) is 6.99. The first-order valence-corrected chi connectivity index (χ1v) is 7.93. The van der Waals surface area contributed by atoms with Gasteiger partial charge < -0.3 is 24.4 Å². The molecule has 2 aromatic carbocycles. The molecule has 0 radical (unpaired) electrons. The molecule has 0 fully saturated rings. The first-order chi connectivity index (χ1) is 12.5. The molecule has 0 aliphatic carbocycles. The molecule has 0 aliphatic rings. The van der Waals surface area contributed by atoms with Gasteiger partial charge in [-0.05, 0) is 35.9 Å². The van der Waals surface area contributed by atoms with Crippen molar-refractivity contribution in [1.82, 2.24) is 0 Å². The number of carboxylic acid groups (broad SMARTS) is 2. The van der Waals surface area contributed by atoms with E-state index in [-0.39, 0.29) is 25.2 Å². The molecule has 1 atom stereocenters. The minimum atomic E-state index is -1.01. The molecule has 0 bridgehead atoms. The second kappa shape index (κ2) is 9.43. The second-order valence-electron chi connectivity index (χ2n) is 5.44. The molecule has 0 saturated heterocycles. The highest BCUT2D eigenvalue weighted by Gasteiger charge is 2.16. The van der Waals surface area contributed by atoms with Crippen LogP contribution in [0.15, 0.2) is 48.5 Å². The molecule has 2 rings (SSSR count). The third-order valence-electron chi connectivity index (χ3n) is 3.61. The van der Waals surface area contributed by atoms with Crippen molar-refractivity contribution < 1.29 is 34.0 Å². The lowest BCUT2D eigenvalue weighted by Gasteiger charge is -2.11. The van der Waals surface area contributed by atoms with Crippen LogP contribution in [-0.2, 0) is 16.0 Å². The lowest BCUT2D eigenvalue weighted by Crippen LogP contribution is -2.24. The number of carboxylic acids is 2. The molecule has 7 heteroatoms. The van der Waals surface area contributed by atoms with E-state index in [9.17, 15) is 9.59 Å². The standard InChI is InChI=1S/C19H20O7/c1-24-17(19(22)23)11-13-5-7-15(8-6-13)25-9-10-26-16-4-2-3-14(12-16)18(20)21/h2-8,12,17H,9-11H2,1H3,(H,20,21)(H,22,23). The number of hydrogen-bond acceptors (Lipinski definition) is 5. The number of hydrogen-bond donors (Lipinski definition) is 2. The molecule has 0 amide bonds. The highest BCUT2D eigenvalue weighted by Crippen LogP contribution is 2.16. The maximum absolute atomic E-state index is 11.0. The van der Waals surface area contributed by atoms with Crippen LogP contribution in [0.25, 0.3) is 0 Å². The van der Waals surface area contributed by atoms with Crippen molar-refractivity contribution in [3.8, 4) is 11.5 Å². The van der Waals surface area contributed by atoms with E-state index in [1.165, 1.54) is 19.2 Å². The molecular weight excluding hydrogens is 340 g/mol. The zero-order valence-corrected chi connectivity index (χ0v) is 14.3. The second-order valence-corrected chi connectivity index (χ2v) is 5.44. The number of rotatable bonds is 10. The first-order valence-electron chi connectivity index (χ1n) is 7.93. The Bertz CT molecular complexity index is 740. The Morgan fingerprint density at radius 2 is 1.62 bits per heavy atom. The largest absolute Gasteiger partial charge is 0.490 e. The lowest BCUT2D eigenvalue weighted by atomic mass is 10.1. The summed E-state index contributed by atoms with van der Waals surface area (Å²) in [7, 11) is 1.36. The number of carbonyl (C=O) groups is 2. The van der Waals surface area contributed by atoms with Crippen molar-refractivity contribution in [1.29, 1.82) is 0 Å². The van der Waals surface area contributed by atoms with Gasteiger partial charge in [0.1, 0.15) is 24.7 Å². The van der Waals surface area contributed by atoms with Crippen molar-refractivity contribution in [2.75, 3.05) is 20.3 Å². The topological polar surface area (TPSA) is 102 Å². The molecule has 0 aliphatic heterocycles. The predicted molar refractivity (Wildman–Crippen MR) is 93.0 cm³/mol. The van der Waals surface area contributed by atoms with Crippen LogP contribution in [-0.4, -0.2) is 48.6 Å². The molecular formula is C19H20O7. The van der Waals surface area contributed by atoms with E-state index < -0.39 is 18.0 Å². The Balaban J connectivity index is 1.78. The van der Waals surface area contributed by atoms with Crippen LogP contribution < -0.4 is 9.47 Å². The van der Waals surface area contributed by atoms with Gasteiger partial charge in [0.2, 0.25) is 0 Å². The van der Waals surface area contributed by atoms with Crippen molar-refractivity contribution in [2.24, 2.45) is 0 Å². The molecule has 0 saturated carbocycles. The van der Waals surface area contributed by atoms with Gasteiger partial charge in [0.05, 0.1) is 5.56 Å². The van der Waals surface area contributed by atoms with Gasteiger partial charge in [-0.3, -0.25) is 0 Å². The van der Waals surface area contributed by atoms with Crippen LogP contribution >= 0.6 is 0 Å². The number of aromatic carboxylic acids is 1. The number of benzene rings is 2. The fourth-order valence-corrected chi connectivity index (χ4v) is 2.25. The zero-order valence-electron chi connectivity index (χ0n) is 14.3. The molecule has 1 unspecified atom stereocenters. The summed E-state index contributed by atoms with van der Waals surface area (Å²) in [4.78, 5) is 21.9. The maximum atomic E-state index is 11.0. The van der Waals surface area contributed by atoms with Gasteiger partial charge >= 0.3 is 11.9 Å². The number of ether oxygens (including phenoxy) is 3. The fourth-order valence-electron chi connectivity index (χ4n) is 2.25. The molecule has 2 N–H and O–H groups in total. The summed E-state index contributed by atoms with van der Waals surface area (Å²) in [6.07, 6.45) is -0.605. The van der Waals surface area contributed by atoms with Crippen LogP contribution in [0.3, 0.4) is 0 Å². The van der Waals surface area contributed by atoms with E-state index in [0.717, 1.165) is 5.56 Å². The average Bonchev–Trinajstić information content (AvgIpc) is 2.64. The van der Waals surface area contributed by atoms with Gasteiger partial charge in [-0.25, -0.2) is 9.59 Å². The van der Waals surface area contributed by atoms with E-state index >= 15 is 0 Å². The molecule has 0 heterocycles. The summed E-state index contributed by atoms with van der Waals surface area (Å²) in [5.74, 6) is -0.925. The van der Waals surface area contributed by atoms with Gasteiger partial charge in [0.15, 0.2) is 6.10 Å². The van der Waals surface area contributed by atoms with E-state index in [1.54, 1.807) is 36.4 Å². The predicted octanol–water partition coefficient (Wildman–Crippen LogP) is 2.48. The van der Waals surface area contributed by atoms with Crippen molar-refractivity contribution >= 4 is 11.9 Å². The SMILES string of the molecule is COC(Cc1ccc(OCCOc2cccc(C(=O)O)c2)cc1)C(=O)O. The van der Waals surface area contributed by atoms with Crippen LogP contribution in [0.2, 0.25) is 0 Å². The minimum Gasteiger partial charge on any atom is -0.490 e. The summed E-state index contributed by atoms with van der Waals surface area (Å²) in [6, 6.07) is 13.3. The van der Waals surface area contributed by atoms with E-state index in [0.29, 0.717) is 11.5 Å². The molecule has 138 valence electrons. The first kappa shape index (κ1) is 19.3. The molecule has 0 spiro atoms. The minimum absolute atomic E-state index is 0.162. The molecule has 7 nitrogen and oxygen atoms in total. The monoisotopic (exact) mass is 360 g/mol. The highest BCUT2D eigenvalue weighted by atomic mass is 16.5. The Labute approximate surface area is 150 Å². The lowest BCUT2D eigenvalue weighted by molar-refractivity contribution is -0.148. The van der Waals surface area contributed by atoms with Gasteiger partial charge in [0, 0.05) is 13.5 Å².